The molecule has 0 atom stereocenters. The van der Waals surface area contributed by atoms with E-state index in [4.69, 9.17) is 16.3 Å². The summed E-state index contributed by atoms with van der Waals surface area (Å²) in [7, 11) is 0. The number of hydrogen-bond acceptors (Lipinski definition) is 5. The molecule has 31 heavy (non-hydrogen) atoms. The van der Waals surface area contributed by atoms with Crippen LogP contribution in [0.3, 0.4) is 0 Å². The van der Waals surface area contributed by atoms with E-state index < -0.39 is 5.60 Å². The monoisotopic (exact) mass is 463 g/mol. The quantitative estimate of drug-likeness (QED) is 0.413. The number of aromatic nitrogens is 1. The van der Waals surface area contributed by atoms with Crippen LogP contribution in [-0.2, 0) is 4.79 Å². The van der Waals surface area contributed by atoms with Crippen LogP contribution in [0, 0.1) is 5.82 Å². The number of ether oxygens (including phenoxy) is 1. The van der Waals surface area contributed by atoms with E-state index in [1.165, 1.54) is 23.5 Å². The molecule has 0 aliphatic rings. The number of likely N-dealkylation sites (N-methyl/N-ethyl adjacent to an activating group) is 1. The molecule has 0 bridgehead atoms. The maximum atomic E-state index is 13.7. The molecule has 0 radical (unpaired) electrons. The summed E-state index contributed by atoms with van der Waals surface area (Å²) in [6.07, 6.45) is 0. The number of amides is 1. The van der Waals surface area contributed by atoms with Crippen molar-refractivity contribution < 1.29 is 13.9 Å². The first kappa shape index (κ1) is 23.4. The van der Waals surface area contributed by atoms with Gasteiger partial charge < -0.3 is 9.64 Å². The second kappa shape index (κ2) is 9.94. The molecule has 0 saturated heterocycles. The predicted molar refractivity (Wildman–Crippen MR) is 126 cm³/mol. The topological polar surface area (TPSA) is 45.7 Å². The van der Waals surface area contributed by atoms with Gasteiger partial charge in [0.1, 0.15) is 11.6 Å². The van der Waals surface area contributed by atoms with Crippen molar-refractivity contribution in [3.63, 3.8) is 0 Å². The van der Waals surface area contributed by atoms with Crippen molar-refractivity contribution in [2.45, 2.75) is 33.3 Å². The number of anilines is 1. The molecule has 0 fully saturated rings. The lowest BCUT2D eigenvalue weighted by molar-refractivity contribution is -0.131. The Labute approximate surface area is 191 Å². The molecule has 3 rings (SSSR count). The number of rotatable bonds is 9. The highest BCUT2D eigenvalue weighted by molar-refractivity contribution is 7.22. The van der Waals surface area contributed by atoms with E-state index in [9.17, 15) is 9.18 Å². The largest absolute Gasteiger partial charge is 0.478 e. The summed E-state index contributed by atoms with van der Waals surface area (Å²) in [6.45, 7) is 10.6. The lowest BCUT2D eigenvalue weighted by atomic mass is 10.1. The molecule has 0 saturated carbocycles. The van der Waals surface area contributed by atoms with Crippen LogP contribution in [0.5, 0.6) is 5.75 Å². The van der Waals surface area contributed by atoms with Gasteiger partial charge in [-0.3, -0.25) is 9.69 Å². The van der Waals surface area contributed by atoms with Crippen LogP contribution in [-0.4, -0.2) is 47.6 Å². The van der Waals surface area contributed by atoms with Gasteiger partial charge in [-0.2, -0.15) is 0 Å². The number of hydrogen-bond donors (Lipinski definition) is 0. The average molecular weight is 464 g/mol. The maximum Gasteiger partial charge on any atom is 0.272 e. The van der Waals surface area contributed by atoms with Gasteiger partial charge in [0.15, 0.2) is 10.7 Å². The van der Waals surface area contributed by atoms with Gasteiger partial charge in [0, 0.05) is 18.1 Å². The van der Waals surface area contributed by atoms with E-state index >= 15 is 0 Å². The van der Waals surface area contributed by atoms with Gasteiger partial charge in [0.2, 0.25) is 0 Å². The van der Waals surface area contributed by atoms with Gasteiger partial charge in [-0.1, -0.05) is 36.8 Å². The Bertz CT molecular complexity index is 1030. The second-order valence-corrected chi connectivity index (χ2v) is 9.10. The summed E-state index contributed by atoms with van der Waals surface area (Å²) in [5, 5.41) is 1.13. The highest BCUT2D eigenvalue weighted by atomic mass is 35.5. The molecule has 0 unspecified atom stereocenters. The van der Waals surface area contributed by atoms with Gasteiger partial charge >= 0.3 is 0 Å². The zero-order chi connectivity index (χ0) is 22.6. The van der Waals surface area contributed by atoms with Gasteiger partial charge in [0.25, 0.3) is 5.91 Å². The highest BCUT2D eigenvalue weighted by Crippen LogP contribution is 2.31. The number of carbonyl (C=O) groups is 1. The summed E-state index contributed by atoms with van der Waals surface area (Å²) in [4.78, 5) is 22.1. The summed E-state index contributed by atoms with van der Waals surface area (Å²) in [5.74, 6) is 0.0158. The SMILES string of the molecule is CCN(CC)CCN(C(=O)C(C)(C)Oc1ccc(Cl)cc1)c1nc2ccc(F)cc2s1. The standard InChI is InChI=1S/C23H27ClFN3O2S/c1-5-27(6-2)13-14-28(22-26-19-12-9-17(25)15-20(19)31-22)21(29)23(3,4)30-18-10-7-16(24)8-11-18/h7-12,15H,5-6,13-14H2,1-4H3. The summed E-state index contributed by atoms with van der Waals surface area (Å²) >= 11 is 7.26. The van der Waals surface area contributed by atoms with E-state index in [0.717, 1.165) is 13.1 Å². The molecule has 8 heteroatoms. The Kier molecular flexibility index (Phi) is 7.51. The Hall–Kier alpha value is -2.22. The van der Waals surface area contributed by atoms with Crippen LogP contribution < -0.4 is 9.64 Å². The molecular weight excluding hydrogens is 437 g/mol. The first-order chi connectivity index (χ1) is 14.7. The van der Waals surface area contributed by atoms with Crippen molar-refractivity contribution in [3.05, 3.63) is 53.3 Å². The lowest BCUT2D eigenvalue weighted by Gasteiger charge is -2.32. The summed E-state index contributed by atoms with van der Waals surface area (Å²) < 4.78 is 20.4. The van der Waals surface area contributed by atoms with Crippen molar-refractivity contribution in [1.29, 1.82) is 0 Å². The third kappa shape index (κ3) is 5.73. The highest BCUT2D eigenvalue weighted by Gasteiger charge is 2.36. The maximum absolute atomic E-state index is 13.7. The zero-order valence-electron chi connectivity index (χ0n) is 18.2. The normalized spacial score (nSPS) is 11.8. The molecule has 1 aromatic heterocycles. The summed E-state index contributed by atoms with van der Waals surface area (Å²) in [5.41, 5.74) is -0.473. The number of thiazole rings is 1. The lowest BCUT2D eigenvalue weighted by Crippen LogP contribution is -2.51. The Morgan fingerprint density at radius 2 is 1.81 bits per heavy atom. The average Bonchev–Trinajstić information content (AvgIpc) is 3.15. The van der Waals surface area contributed by atoms with Crippen molar-refractivity contribution in [1.82, 2.24) is 9.88 Å². The van der Waals surface area contributed by atoms with Gasteiger partial charge in [-0.15, -0.1) is 0 Å². The molecule has 166 valence electrons. The van der Waals surface area contributed by atoms with Crippen LogP contribution in [0.1, 0.15) is 27.7 Å². The van der Waals surface area contributed by atoms with Crippen molar-refractivity contribution in [2.75, 3.05) is 31.1 Å². The first-order valence-electron chi connectivity index (χ1n) is 10.3. The van der Waals surface area contributed by atoms with E-state index in [2.05, 4.69) is 23.7 Å². The van der Waals surface area contributed by atoms with E-state index in [1.54, 1.807) is 49.1 Å². The minimum atomic E-state index is -1.14. The van der Waals surface area contributed by atoms with Crippen molar-refractivity contribution in [3.8, 4) is 5.75 Å². The van der Waals surface area contributed by atoms with Gasteiger partial charge in [0.05, 0.1) is 10.2 Å². The van der Waals surface area contributed by atoms with Crippen LogP contribution in [0.25, 0.3) is 10.2 Å². The molecule has 1 heterocycles. The number of benzene rings is 2. The van der Waals surface area contributed by atoms with Gasteiger partial charge in [-0.25, -0.2) is 9.37 Å². The molecular formula is C23H27ClFN3O2S. The smallest absolute Gasteiger partial charge is 0.272 e. The van der Waals surface area contributed by atoms with E-state index in [1.807, 2.05) is 0 Å². The fourth-order valence-electron chi connectivity index (χ4n) is 3.23. The number of halogens is 2. The molecule has 2 aromatic carbocycles. The fraction of sp³-hybridized carbons (Fsp3) is 0.391. The Morgan fingerprint density at radius 3 is 2.45 bits per heavy atom. The fourth-order valence-corrected chi connectivity index (χ4v) is 4.37. The minimum Gasteiger partial charge on any atom is -0.478 e. The van der Waals surface area contributed by atoms with Crippen molar-refractivity contribution in [2.24, 2.45) is 0 Å². The molecule has 5 nitrogen and oxygen atoms in total. The van der Waals surface area contributed by atoms with Crippen LogP contribution >= 0.6 is 22.9 Å². The van der Waals surface area contributed by atoms with Crippen LogP contribution in [0.2, 0.25) is 5.02 Å². The zero-order valence-corrected chi connectivity index (χ0v) is 19.8. The first-order valence-corrected chi connectivity index (χ1v) is 11.5. The van der Waals surface area contributed by atoms with Crippen LogP contribution in [0.15, 0.2) is 42.5 Å². The molecule has 0 N–H and O–H groups in total. The molecule has 1 amide bonds. The summed E-state index contributed by atoms with van der Waals surface area (Å²) in [6, 6.07) is 11.4. The molecule has 0 aliphatic heterocycles. The molecule has 3 aromatic rings. The van der Waals surface area contributed by atoms with Gasteiger partial charge in [-0.05, 0) is 69.4 Å². The Balaban J connectivity index is 1.91. The molecule has 0 aliphatic carbocycles. The van der Waals surface area contributed by atoms with Crippen molar-refractivity contribution >= 4 is 44.2 Å². The minimum absolute atomic E-state index is 0.214. The third-order valence-corrected chi connectivity index (χ3v) is 6.34. The number of fused-ring (bicyclic) bond motifs is 1. The Morgan fingerprint density at radius 1 is 1.13 bits per heavy atom. The number of nitrogens with zero attached hydrogens (tertiary/aromatic N) is 3. The van der Waals surface area contributed by atoms with E-state index in [0.29, 0.717) is 39.2 Å². The third-order valence-electron chi connectivity index (χ3n) is 5.05. The molecule has 0 spiro atoms. The predicted octanol–water partition coefficient (Wildman–Crippen LogP) is 5.62. The van der Waals surface area contributed by atoms with E-state index in [-0.39, 0.29) is 11.7 Å². The number of carbonyl (C=O) groups excluding carboxylic acids is 1. The second-order valence-electron chi connectivity index (χ2n) is 7.66. The van der Waals surface area contributed by atoms with Crippen LogP contribution in [0.4, 0.5) is 9.52 Å².